The van der Waals surface area contributed by atoms with Gasteiger partial charge in [0.15, 0.2) is 0 Å². The first-order valence-electron chi connectivity index (χ1n) is 10.2. The van der Waals surface area contributed by atoms with Gasteiger partial charge in [-0.25, -0.2) is 0 Å². The summed E-state index contributed by atoms with van der Waals surface area (Å²) in [5.41, 5.74) is 3.07. The van der Waals surface area contributed by atoms with Gasteiger partial charge < -0.3 is 15.2 Å². The quantitative estimate of drug-likeness (QED) is 0.701. The summed E-state index contributed by atoms with van der Waals surface area (Å²) >= 11 is 0. The summed E-state index contributed by atoms with van der Waals surface area (Å²) < 4.78 is 0. The Labute approximate surface area is 170 Å². The van der Waals surface area contributed by atoms with Crippen LogP contribution in [-0.4, -0.2) is 46.3 Å². The zero-order valence-corrected chi connectivity index (χ0v) is 16.6. The summed E-state index contributed by atoms with van der Waals surface area (Å²) in [6.07, 6.45) is 6.28. The molecule has 2 N–H and O–H groups in total. The normalized spacial score (nSPS) is 14.9. The van der Waals surface area contributed by atoms with E-state index in [1.807, 2.05) is 29.3 Å². The van der Waals surface area contributed by atoms with E-state index >= 15 is 0 Å². The van der Waals surface area contributed by atoms with Crippen LogP contribution >= 0.6 is 0 Å². The van der Waals surface area contributed by atoms with Gasteiger partial charge in [-0.1, -0.05) is 25.1 Å². The molecule has 1 saturated heterocycles. The molecule has 1 fully saturated rings. The van der Waals surface area contributed by atoms with Crippen LogP contribution in [0, 0.1) is 5.92 Å². The van der Waals surface area contributed by atoms with Crippen molar-refractivity contribution in [3.05, 3.63) is 65.6 Å². The number of nitrogens with zero attached hydrogens (tertiary/aromatic N) is 2. The van der Waals surface area contributed by atoms with Crippen LogP contribution in [0.5, 0.6) is 0 Å². The van der Waals surface area contributed by atoms with Crippen LogP contribution in [0.15, 0.2) is 48.8 Å². The lowest BCUT2D eigenvalue weighted by Gasteiger charge is -2.30. The van der Waals surface area contributed by atoms with E-state index in [4.69, 9.17) is 0 Å². The van der Waals surface area contributed by atoms with Crippen molar-refractivity contribution in [2.75, 3.05) is 19.6 Å². The lowest BCUT2D eigenvalue weighted by molar-refractivity contribution is 0.0691. The van der Waals surface area contributed by atoms with Gasteiger partial charge in [-0.15, -0.1) is 0 Å². The highest BCUT2D eigenvalue weighted by atomic mass is 16.2. The number of H-pyrrole nitrogens is 1. The Morgan fingerprint density at radius 2 is 2.00 bits per heavy atom. The Hall–Kier alpha value is -3.15. The first-order valence-corrected chi connectivity index (χ1v) is 10.2. The van der Waals surface area contributed by atoms with Crippen LogP contribution in [0.25, 0.3) is 10.9 Å². The van der Waals surface area contributed by atoms with E-state index < -0.39 is 0 Å². The van der Waals surface area contributed by atoms with Gasteiger partial charge in [0.25, 0.3) is 11.8 Å². The summed E-state index contributed by atoms with van der Waals surface area (Å²) in [6.45, 7) is 4.24. The number of hydrogen-bond acceptors (Lipinski definition) is 3. The van der Waals surface area contributed by atoms with Crippen molar-refractivity contribution < 1.29 is 9.59 Å². The Morgan fingerprint density at radius 3 is 2.83 bits per heavy atom. The molecule has 3 heterocycles. The molecule has 6 heteroatoms. The molecule has 29 heavy (non-hydrogen) atoms. The number of pyridine rings is 1. The number of amides is 2. The van der Waals surface area contributed by atoms with Crippen molar-refractivity contribution in [3.63, 3.8) is 0 Å². The van der Waals surface area contributed by atoms with Crippen LogP contribution in [-0.2, 0) is 6.42 Å². The lowest BCUT2D eigenvalue weighted by atomic mass is 9.99. The first-order chi connectivity index (χ1) is 14.1. The molecule has 1 aliphatic rings. The monoisotopic (exact) mass is 390 g/mol. The predicted molar refractivity (Wildman–Crippen MR) is 113 cm³/mol. The van der Waals surface area contributed by atoms with Gasteiger partial charge in [-0.3, -0.25) is 14.6 Å². The van der Waals surface area contributed by atoms with Gasteiger partial charge in [0, 0.05) is 48.5 Å². The average Bonchev–Trinajstić information content (AvgIpc) is 3.17. The fourth-order valence-corrected chi connectivity index (χ4v) is 3.81. The minimum atomic E-state index is -0.187. The number of para-hydroxylation sites is 1. The van der Waals surface area contributed by atoms with Gasteiger partial charge in [0.2, 0.25) is 0 Å². The highest BCUT2D eigenvalue weighted by Crippen LogP contribution is 2.19. The third-order valence-corrected chi connectivity index (χ3v) is 5.67. The number of hydrogen-bond donors (Lipinski definition) is 2. The molecule has 0 bridgehead atoms. The van der Waals surface area contributed by atoms with Gasteiger partial charge in [-0.2, -0.15) is 0 Å². The second-order valence-electron chi connectivity index (χ2n) is 7.77. The maximum absolute atomic E-state index is 12.7. The van der Waals surface area contributed by atoms with Crippen molar-refractivity contribution >= 4 is 22.7 Å². The minimum Gasteiger partial charge on any atom is -0.361 e. The number of carbonyl (C=O) groups is 2. The van der Waals surface area contributed by atoms with E-state index in [0.717, 1.165) is 37.9 Å². The van der Waals surface area contributed by atoms with Gasteiger partial charge >= 0.3 is 0 Å². The number of piperidine rings is 1. The lowest BCUT2D eigenvalue weighted by Crippen LogP contribution is -2.38. The average molecular weight is 390 g/mol. The number of nitrogens with one attached hydrogen (secondary N) is 2. The van der Waals surface area contributed by atoms with Crippen LogP contribution in [0.3, 0.4) is 0 Å². The molecule has 150 valence electrons. The zero-order chi connectivity index (χ0) is 20.2. The maximum atomic E-state index is 12.7. The third kappa shape index (κ3) is 4.31. The molecule has 3 aromatic rings. The van der Waals surface area contributed by atoms with E-state index in [0.29, 0.717) is 23.7 Å². The van der Waals surface area contributed by atoms with E-state index in [9.17, 15) is 9.59 Å². The van der Waals surface area contributed by atoms with E-state index in [-0.39, 0.29) is 11.8 Å². The molecule has 0 atom stereocenters. The standard InChI is InChI=1S/C23H26N4O2/c1-16-8-12-27(13-9-16)23(29)21-14-17(6-10-24-21)22(28)25-11-7-18-15-26-20-5-3-2-4-19(18)20/h2-6,10,14-16,26H,7-9,11-13H2,1H3,(H,25,28). The molecule has 4 rings (SSSR count). The third-order valence-electron chi connectivity index (χ3n) is 5.67. The summed E-state index contributed by atoms with van der Waals surface area (Å²) in [5, 5.41) is 4.12. The van der Waals surface area contributed by atoms with Crippen molar-refractivity contribution in [1.82, 2.24) is 20.2 Å². The zero-order valence-electron chi connectivity index (χ0n) is 16.6. The molecule has 0 radical (unpaired) electrons. The van der Waals surface area contributed by atoms with Gasteiger partial charge in [-0.05, 0) is 48.9 Å². The molecule has 2 aromatic heterocycles. The molecule has 1 aliphatic heterocycles. The van der Waals surface area contributed by atoms with Crippen molar-refractivity contribution in [1.29, 1.82) is 0 Å². The summed E-state index contributed by atoms with van der Waals surface area (Å²) in [4.78, 5) is 34.5. The van der Waals surface area contributed by atoms with E-state index in [1.165, 1.54) is 17.1 Å². The predicted octanol–water partition coefficient (Wildman–Crippen LogP) is 3.41. The summed E-state index contributed by atoms with van der Waals surface area (Å²) in [7, 11) is 0. The molecule has 0 unspecified atom stereocenters. The Morgan fingerprint density at radius 1 is 1.21 bits per heavy atom. The molecule has 6 nitrogen and oxygen atoms in total. The smallest absolute Gasteiger partial charge is 0.272 e. The maximum Gasteiger partial charge on any atom is 0.272 e. The van der Waals surface area contributed by atoms with Crippen molar-refractivity contribution in [2.45, 2.75) is 26.2 Å². The first kappa shape index (κ1) is 19.2. The fourth-order valence-electron chi connectivity index (χ4n) is 3.81. The second kappa shape index (κ2) is 8.47. The van der Waals surface area contributed by atoms with Crippen LogP contribution < -0.4 is 5.32 Å². The number of carbonyl (C=O) groups excluding carboxylic acids is 2. The number of likely N-dealkylation sites (tertiary alicyclic amines) is 1. The van der Waals surface area contributed by atoms with Crippen molar-refractivity contribution in [3.8, 4) is 0 Å². The molecular weight excluding hydrogens is 364 g/mol. The summed E-state index contributed by atoms with van der Waals surface area (Å²) in [5.74, 6) is 0.375. The molecule has 1 aromatic carbocycles. The topological polar surface area (TPSA) is 78.1 Å². The van der Waals surface area contributed by atoms with Crippen molar-refractivity contribution in [2.24, 2.45) is 5.92 Å². The second-order valence-corrected chi connectivity index (χ2v) is 7.77. The highest BCUT2D eigenvalue weighted by molar-refractivity contribution is 5.98. The van der Waals surface area contributed by atoms with Crippen LogP contribution in [0.2, 0.25) is 0 Å². The highest BCUT2D eigenvalue weighted by Gasteiger charge is 2.23. The Kier molecular flexibility index (Phi) is 5.60. The number of rotatable bonds is 5. The van der Waals surface area contributed by atoms with Crippen LogP contribution in [0.4, 0.5) is 0 Å². The molecule has 0 spiro atoms. The van der Waals surface area contributed by atoms with Crippen LogP contribution in [0.1, 0.15) is 46.2 Å². The Balaban J connectivity index is 1.36. The Bertz CT molecular complexity index is 1020. The largest absolute Gasteiger partial charge is 0.361 e. The van der Waals surface area contributed by atoms with E-state index in [2.05, 4.69) is 28.3 Å². The fraction of sp³-hybridized carbons (Fsp3) is 0.348. The summed E-state index contributed by atoms with van der Waals surface area (Å²) in [6, 6.07) is 11.4. The molecule has 2 amide bonds. The van der Waals surface area contributed by atoms with Gasteiger partial charge in [0.05, 0.1) is 0 Å². The molecule has 0 aliphatic carbocycles. The van der Waals surface area contributed by atoms with E-state index in [1.54, 1.807) is 12.1 Å². The number of aromatic nitrogens is 2. The molecular formula is C23H26N4O2. The number of aromatic amines is 1. The SMILES string of the molecule is CC1CCN(C(=O)c2cc(C(=O)NCCc3c[nH]c4ccccc34)ccn2)CC1. The molecule has 0 saturated carbocycles. The minimum absolute atomic E-state index is 0.0923. The van der Waals surface area contributed by atoms with Gasteiger partial charge in [0.1, 0.15) is 5.69 Å². The number of benzene rings is 1. The number of fused-ring (bicyclic) bond motifs is 1.